The number of rotatable bonds is 12. The Hall–Kier alpha value is -5.11. The van der Waals surface area contributed by atoms with E-state index < -0.39 is 30.4 Å². The van der Waals surface area contributed by atoms with Gasteiger partial charge in [-0.25, -0.2) is 4.79 Å². The molecule has 4 aromatic rings. The van der Waals surface area contributed by atoms with Crippen molar-refractivity contribution >= 4 is 18.0 Å². The summed E-state index contributed by atoms with van der Waals surface area (Å²) in [4.78, 5) is 36.9. The zero-order valence-corrected chi connectivity index (χ0v) is 23.0. The molecule has 0 spiro atoms. The number of carbonyl (C=O) groups is 3. The number of fused-ring (bicyclic) bond motifs is 3. The first-order valence-corrected chi connectivity index (χ1v) is 13.8. The van der Waals surface area contributed by atoms with E-state index in [1.54, 1.807) is 0 Å². The van der Waals surface area contributed by atoms with Crippen LogP contribution in [0.15, 0.2) is 103 Å². The van der Waals surface area contributed by atoms with E-state index >= 15 is 0 Å². The van der Waals surface area contributed by atoms with Gasteiger partial charge in [-0.2, -0.15) is 0 Å². The van der Waals surface area contributed by atoms with Crippen LogP contribution in [0.5, 0.6) is 5.75 Å². The molecule has 1 aliphatic rings. The van der Waals surface area contributed by atoms with Crippen LogP contribution < -0.4 is 15.4 Å². The first-order chi connectivity index (χ1) is 20.5. The van der Waals surface area contributed by atoms with Crippen molar-refractivity contribution in [2.24, 2.45) is 0 Å². The average Bonchev–Trinajstić information content (AvgIpc) is 3.33. The molecule has 0 radical (unpaired) electrons. The van der Waals surface area contributed by atoms with E-state index in [2.05, 4.69) is 10.6 Å². The van der Waals surface area contributed by atoms with Crippen molar-refractivity contribution < 1.29 is 29.0 Å². The molecule has 5 rings (SSSR count). The minimum Gasteiger partial charge on any atom is -0.489 e. The lowest BCUT2D eigenvalue weighted by molar-refractivity contribution is -0.139. The van der Waals surface area contributed by atoms with Gasteiger partial charge in [0, 0.05) is 12.5 Å². The van der Waals surface area contributed by atoms with E-state index in [4.69, 9.17) is 9.47 Å². The number of nitrogens with one attached hydrogen (secondary N) is 2. The van der Waals surface area contributed by atoms with Gasteiger partial charge in [-0.05, 0) is 51.9 Å². The molecule has 0 heterocycles. The van der Waals surface area contributed by atoms with Gasteiger partial charge >= 0.3 is 12.1 Å². The molecule has 2 amide bonds. The van der Waals surface area contributed by atoms with Crippen LogP contribution >= 0.6 is 0 Å². The van der Waals surface area contributed by atoms with Crippen molar-refractivity contribution in [3.8, 4) is 16.9 Å². The fourth-order valence-corrected chi connectivity index (χ4v) is 5.11. The maximum Gasteiger partial charge on any atom is 0.407 e. The summed E-state index contributed by atoms with van der Waals surface area (Å²) in [5.74, 6) is -1.21. The van der Waals surface area contributed by atoms with Gasteiger partial charge in [0.05, 0.1) is 6.42 Å². The maximum absolute atomic E-state index is 12.8. The zero-order valence-electron chi connectivity index (χ0n) is 23.0. The van der Waals surface area contributed by atoms with Crippen LogP contribution in [0.3, 0.4) is 0 Å². The number of hydrogen-bond donors (Lipinski definition) is 3. The zero-order chi connectivity index (χ0) is 29.3. The third-order valence-corrected chi connectivity index (χ3v) is 7.22. The molecule has 3 N–H and O–H groups in total. The number of carboxylic acids is 1. The van der Waals surface area contributed by atoms with E-state index in [1.807, 2.05) is 103 Å². The number of carbonyl (C=O) groups excluding carboxylic acids is 2. The van der Waals surface area contributed by atoms with E-state index in [9.17, 15) is 19.5 Å². The summed E-state index contributed by atoms with van der Waals surface area (Å²) in [6, 6.07) is 32.1. The molecule has 0 saturated heterocycles. The lowest BCUT2D eigenvalue weighted by atomic mass is 9.98. The second-order valence-corrected chi connectivity index (χ2v) is 10.1. The molecule has 8 nitrogen and oxygen atoms in total. The number of alkyl carbamates (subject to hydrolysis) is 1. The number of benzene rings is 4. The summed E-state index contributed by atoms with van der Waals surface area (Å²) in [6.45, 7) is 0.801. The number of hydrogen-bond acceptors (Lipinski definition) is 5. The van der Waals surface area contributed by atoms with E-state index in [0.29, 0.717) is 13.0 Å². The molecule has 42 heavy (non-hydrogen) atoms. The van der Waals surface area contributed by atoms with Crippen molar-refractivity contribution in [2.45, 2.75) is 31.4 Å². The van der Waals surface area contributed by atoms with Crippen LogP contribution in [0, 0.1) is 0 Å². The highest BCUT2D eigenvalue weighted by Crippen LogP contribution is 2.44. The van der Waals surface area contributed by atoms with Gasteiger partial charge in [0.15, 0.2) is 0 Å². The van der Waals surface area contributed by atoms with Crippen molar-refractivity contribution in [1.29, 1.82) is 0 Å². The average molecular weight is 565 g/mol. The predicted octanol–water partition coefficient (Wildman–Crippen LogP) is 5.31. The molecule has 0 aromatic heterocycles. The van der Waals surface area contributed by atoms with Gasteiger partial charge in [-0.15, -0.1) is 0 Å². The van der Waals surface area contributed by atoms with Crippen molar-refractivity contribution in [3.63, 3.8) is 0 Å². The van der Waals surface area contributed by atoms with Crippen molar-refractivity contribution in [1.82, 2.24) is 10.6 Å². The molecule has 0 aliphatic heterocycles. The number of aliphatic carboxylic acids is 1. The quantitative estimate of drug-likeness (QED) is 0.215. The van der Waals surface area contributed by atoms with Crippen LogP contribution in [0.1, 0.15) is 34.6 Å². The summed E-state index contributed by atoms with van der Waals surface area (Å²) in [5.41, 5.74) is 6.36. The van der Waals surface area contributed by atoms with Crippen LogP contribution in [-0.4, -0.2) is 42.3 Å². The van der Waals surface area contributed by atoms with Crippen molar-refractivity contribution in [2.75, 3.05) is 13.2 Å². The molecule has 8 heteroatoms. The number of amides is 2. The van der Waals surface area contributed by atoms with Gasteiger partial charge in [-0.3, -0.25) is 9.59 Å². The van der Waals surface area contributed by atoms with Crippen molar-refractivity contribution in [3.05, 3.63) is 125 Å². The molecule has 0 saturated carbocycles. The third-order valence-electron chi connectivity index (χ3n) is 7.22. The maximum atomic E-state index is 12.8. The standard InChI is InChI=1S/C34H32N2O6/c37-32(38)20-31(33(39)35-19-18-23-14-16-25(17-15-23)41-21-24-8-2-1-3-9-24)36-34(40)42-22-30-28-12-6-4-10-26(28)27-11-5-7-13-29(27)30/h1-17,30-31H,18-22H2,(H,35,39)(H,36,40)(H,37,38). The Morgan fingerprint density at radius 3 is 2.02 bits per heavy atom. The van der Waals surface area contributed by atoms with Gasteiger partial charge in [-0.1, -0.05) is 91.0 Å². The molecule has 1 unspecified atom stereocenters. The van der Waals surface area contributed by atoms with E-state index in [1.165, 1.54) is 0 Å². The largest absolute Gasteiger partial charge is 0.489 e. The highest BCUT2D eigenvalue weighted by molar-refractivity contribution is 5.89. The second kappa shape index (κ2) is 13.5. The molecule has 1 atom stereocenters. The fourth-order valence-electron chi connectivity index (χ4n) is 5.11. The van der Waals surface area contributed by atoms with Crippen LogP contribution in [0.2, 0.25) is 0 Å². The minimum atomic E-state index is -1.27. The molecule has 4 aromatic carbocycles. The Balaban J connectivity index is 1.10. The number of carboxylic acid groups (broad SMARTS) is 1. The first-order valence-electron chi connectivity index (χ1n) is 13.8. The van der Waals surface area contributed by atoms with Crippen LogP contribution in [0.4, 0.5) is 4.79 Å². The van der Waals surface area contributed by atoms with Gasteiger partial charge in [0.25, 0.3) is 0 Å². The summed E-state index contributed by atoms with van der Waals surface area (Å²) >= 11 is 0. The van der Waals surface area contributed by atoms with E-state index in [0.717, 1.165) is 39.1 Å². The molecular weight excluding hydrogens is 532 g/mol. The SMILES string of the molecule is O=C(O)CC(NC(=O)OCC1c2ccccc2-c2ccccc21)C(=O)NCCc1ccc(OCc2ccccc2)cc1. The monoisotopic (exact) mass is 564 g/mol. The first kappa shape index (κ1) is 28.4. The lowest BCUT2D eigenvalue weighted by Crippen LogP contribution is -2.48. The third kappa shape index (κ3) is 7.14. The highest BCUT2D eigenvalue weighted by Gasteiger charge is 2.30. The topological polar surface area (TPSA) is 114 Å². The summed E-state index contributed by atoms with van der Waals surface area (Å²) in [6.07, 6.45) is -0.886. The Kier molecular flexibility index (Phi) is 9.13. The van der Waals surface area contributed by atoms with Crippen LogP contribution in [-0.2, 0) is 27.4 Å². The predicted molar refractivity (Wildman–Crippen MR) is 158 cm³/mol. The van der Waals surface area contributed by atoms with E-state index in [-0.39, 0.29) is 19.1 Å². The molecule has 0 bridgehead atoms. The Morgan fingerprint density at radius 1 is 0.762 bits per heavy atom. The minimum absolute atomic E-state index is 0.0618. The Bertz CT molecular complexity index is 1490. The summed E-state index contributed by atoms with van der Waals surface area (Å²) < 4.78 is 11.3. The normalized spacial score (nSPS) is 12.5. The van der Waals surface area contributed by atoms with Gasteiger partial charge < -0.3 is 25.2 Å². The van der Waals surface area contributed by atoms with Gasteiger partial charge in [0.2, 0.25) is 5.91 Å². The Morgan fingerprint density at radius 2 is 1.38 bits per heavy atom. The molecular formula is C34H32N2O6. The summed E-state index contributed by atoms with van der Waals surface area (Å²) in [7, 11) is 0. The molecule has 1 aliphatic carbocycles. The highest BCUT2D eigenvalue weighted by atomic mass is 16.5. The van der Waals surface area contributed by atoms with Crippen LogP contribution in [0.25, 0.3) is 11.1 Å². The second-order valence-electron chi connectivity index (χ2n) is 10.1. The molecule has 0 fully saturated rings. The molecule has 214 valence electrons. The lowest BCUT2D eigenvalue weighted by Gasteiger charge is -2.19. The summed E-state index contributed by atoms with van der Waals surface area (Å²) in [5, 5.41) is 14.5. The Labute approximate surface area is 244 Å². The fraction of sp³-hybridized carbons (Fsp3) is 0.206. The van der Waals surface area contributed by atoms with Gasteiger partial charge in [0.1, 0.15) is 25.0 Å². The number of ether oxygens (including phenoxy) is 2. The smallest absolute Gasteiger partial charge is 0.407 e.